The van der Waals surface area contributed by atoms with Crippen molar-refractivity contribution in [2.24, 2.45) is 0 Å². The Kier molecular flexibility index (Phi) is 4.31. The first-order chi connectivity index (χ1) is 5.29. The minimum absolute atomic E-state index is 0.123. The van der Waals surface area contributed by atoms with Gasteiger partial charge in [-0.2, -0.15) is 11.8 Å². The van der Waals surface area contributed by atoms with Crippen LogP contribution in [-0.2, 0) is 0 Å². The van der Waals surface area contributed by atoms with Crippen LogP contribution in [0.3, 0.4) is 0 Å². The van der Waals surface area contributed by atoms with Gasteiger partial charge >= 0.3 is 0 Å². The van der Waals surface area contributed by atoms with E-state index in [0.717, 1.165) is 11.0 Å². The molecule has 0 unspecified atom stereocenters. The van der Waals surface area contributed by atoms with Crippen LogP contribution in [0.25, 0.3) is 0 Å². The molecule has 0 aromatic rings. The molecule has 66 valence electrons. The van der Waals surface area contributed by atoms with Crippen LogP contribution < -0.4 is 0 Å². The zero-order chi connectivity index (χ0) is 8.10. The third kappa shape index (κ3) is 4.02. The van der Waals surface area contributed by atoms with Crippen LogP contribution in [0.4, 0.5) is 0 Å². The second-order valence-electron chi connectivity index (χ2n) is 3.44. The van der Waals surface area contributed by atoms with E-state index in [1.54, 1.807) is 0 Å². The first-order valence-electron chi connectivity index (χ1n) is 4.58. The fourth-order valence-corrected chi connectivity index (χ4v) is 2.72. The van der Waals surface area contributed by atoms with E-state index in [-0.39, 0.29) is 6.10 Å². The molecule has 1 rings (SSSR count). The van der Waals surface area contributed by atoms with Gasteiger partial charge in [0.05, 0.1) is 6.10 Å². The van der Waals surface area contributed by atoms with E-state index < -0.39 is 0 Å². The predicted molar refractivity (Wildman–Crippen MR) is 51.0 cm³/mol. The van der Waals surface area contributed by atoms with Crippen molar-refractivity contribution < 1.29 is 5.11 Å². The lowest BCUT2D eigenvalue weighted by Crippen LogP contribution is -2.12. The van der Waals surface area contributed by atoms with Crippen molar-refractivity contribution >= 4 is 11.8 Å². The van der Waals surface area contributed by atoms with Gasteiger partial charge in [0.1, 0.15) is 0 Å². The minimum Gasteiger partial charge on any atom is -0.393 e. The number of hydrogen-bond acceptors (Lipinski definition) is 2. The molecule has 1 nitrogen and oxygen atoms in total. The van der Waals surface area contributed by atoms with Gasteiger partial charge in [-0.25, -0.2) is 0 Å². The van der Waals surface area contributed by atoms with Gasteiger partial charge in [0.2, 0.25) is 0 Å². The van der Waals surface area contributed by atoms with Crippen LogP contribution in [0.5, 0.6) is 0 Å². The van der Waals surface area contributed by atoms with Crippen LogP contribution >= 0.6 is 11.8 Å². The maximum Gasteiger partial charge on any atom is 0.0602 e. The highest BCUT2D eigenvalue weighted by atomic mass is 32.2. The molecule has 0 saturated heterocycles. The van der Waals surface area contributed by atoms with E-state index >= 15 is 0 Å². The maximum atomic E-state index is 9.06. The lowest BCUT2D eigenvalue weighted by atomic mass is 10.0. The summed E-state index contributed by atoms with van der Waals surface area (Å²) in [6, 6.07) is 0. The summed E-state index contributed by atoms with van der Waals surface area (Å²) in [5.41, 5.74) is 0. The van der Waals surface area contributed by atoms with Crippen molar-refractivity contribution in [2.45, 2.75) is 50.4 Å². The van der Waals surface area contributed by atoms with Crippen LogP contribution in [0.1, 0.15) is 39.0 Å². The number of hydrogen-bond donors (Lipinski definition) is 1. The summed E-state index contributed by atoms with van der Waals surface area (Å²) in [6.45, 7) is 1.87. The van der Waals surface area contributed by atoms with E-state index in [2.05, 4.69) is 0 Å². The van der Waals surface area contributed by atoms with E-state index in [1.165, 1.54) is 32.1 Å². The molecule has 11 heavy (non-hydrogen) atoms. The molecule has 0 bridgehead atoms. The highest BCUT2D eigenvalue weighted by Crippen LogP contribution is 2.28. The monoisotopic (exact) mass is 174 g/mol. The second-order valence-corrected chi connectivity index (χ2v) is 4.78. The fraction of sp³-hybridized carbons (Fsp3) is 1.00. The average molecular weight is 174 g/mol. The summed E-state index contributed by atoms with van der Waals surface area (Å²) in [6.07, 6.45) is 6.84. The Morgan fingerprint density at radius 2 is 2.00 bits per heavy atom. The van der Waals surface area contributed by atoms with Crippen LogP contribution in [0.2, 0.25) is 0 Å². The summed E-state index contributed by atoms with van der Waals surface area (Å²) in [5.74, 6) is 0.921. The zero-order valence-electron chi connectivity index (χ0n) is 7.25. The third-order valence-corrected chi connectivity index (χ3v) is 3.74. The zero-order valence-corrected chi connectivity index (χ0v) is 8.07. The molecule has 0 radical (unpaired) electrons. The molecule has 0 aromatic heterocycles. The molecule has 0 heterocycles. The molecule has 0 aliphatic heterocycles. The number of thioether (sulfide) groups is 1. The minimum atomic E-state index is -0.123. The standard InChI is InChI=1S/C9H18OS/c1-8(10)7-11-9-5-3-2-4-6-9/h8-10H,2-7H2,1H3/t8-/m0/s1. The molecule has 2 heteroatoms. The lowest BCUT2D eigenvalue weighted by molar-refractivity contribution is 0.220. The quantitative estimate of drug-likeness (QED) is 0.709. The number of aliphatic hydroxyl groups excluding tert-OH is 1. The predicted octanol–water partition coefficient (Wildman–Crippen LogP) is 2.43. The van der Waals surface area contributed by atoms with Gasteiger partial charge in [-0.05, 0) is 19.8 Å². The van der Waals surface area contributed by atoms with Gasteiger partial charge in [0.25, 0.3) is 0 Å². The van der Waals surface area contributed by atoms with Gasteiger partial charge in [0.15, 0.2) is 0 Å². The Hall–Kier alpha value is 0.310. The van der Waals surface area contributed by atoms with E-state index in [9.17, 15) is 0 Å². The van der Waals surface area contributed by atoms with Crippen molar-refractivity contribution in [1.29, 1.82) is 0 Å². The Balaban J connectivity index is 2.05. The van der Waals surface area contributed by atoms with Crippen molar-refractivity contribution in [3.63, 3.8) is 0 Å². The first-order valence-corrected chi connectivity index (χ1v) is 5.63. The van der Waals surface area contributed by atoms with Gasteiger partial charge in [-0.3, -0.25) is 0 Å². The molecule has 1 saturated carbocycles. The molecule has 1 aliphatic carbocycles. The van der Waals surface area contributed by atoms with Crippen molar-refractivity contribution in [1.82, 2.24) is 0 Å². The molecule has 0 aromatic carbocycles. The molecular weight excluding hydrogens is 156 g/mol. The molecule has 0 spiro atoms. The molecular formula is C9H18OS. The molecule has 0 amide bonds. The van der Waals surface area contributed by atoms with Crippen LogP contribution in [-0.4, -0.2) is 22.2 Å². The van der Waals surface area contributed by atoms with Crippen molar-refractivity contribution in [3.8, 4) is 0 Å². The Labute approximate surface area is 73.6 Å². The normalized spacial score (nSPS) is 23.5. The average Bonchev–Trinajstić information content (AvgIpc) is 2.03. The highest BCUT2D eigenvalue weighted by Gasteiger charge is 2.13. The van der Waals surface area contributed by atoms with Crippen LogP contribution in [0, 0.1) is 0 Å². The highest BCUT2D eigenvalue weighted by molar-refractivity contribution is 7.99. The van der Waals surface area contributed by atoms with E-state index in [4.69, 9.17) is 5.11 Å². The van der Waals surface area contributed by atoms with Gasteiger partial charge in [-0.1, -0.05) is 19.3 Å². The van der Waals surface area contributed by atoms with Gasteiger partial charge < -0.3 is 5.11 Å². The third-order valence-electron chi connectivity index (χ3n) is 2.13. The SMILES string of the molecule is C[C@H](O)CSC1CCCCC1. The maximum absolute atomic E-state index is 9.06. The van der Waals surface area contributed by atoms with Crippen molar-refractivity contribution in [3.05, 3.63) is 0 Å². The largest absolute Gasteiger partial charge is 0.393 e. The lowest BCUT2D eigenvalue weighted by Gasteiger charge is -2.21. The molecule has 1 aliphatic rings. The summed E-state index contributed by atoms with van der Waals surface area (Å²) < 4.78 is 0. The Bertz CT molecular complexity index is 97.7. The molecule has 1 atom stereocenters. The smallest absolute Gasteiger partial charge is 0.0602 e. The molecule has 1 fully saturated rings. The summed E-state index contributed by atoms with van der Waals surface area (Å²) in [4.78, 5) is 0. The Morgan fingerprint density at radius 3 is 2.55 bits per heavy atom. The van der Waals surface area contributed by atoms with Gasteiger partial charge in [0, 0.05) is 11.0 Å². The topological polar surface area (TPSA) is 20.2 Å². The Morgan fingerprint density at radius 1 is 1.36 bits per heavy atom. The second kappa shape index (κ2) is 5.04. The summed E-state index contributed by atoms with van der Waals surface area (Å²) in [7, 11) is 0. The number of aliphatic hydroxyl groups is 1. The summed E-state index contributed by atoms with van der Waals surface area (Å²) >= 11 is 1.96. The summed E-state index contributed by atoms with van der Waals surface area (Å²) in [5, 5.41) is 9.91. The molecule has 1 N–H and O–H groups in total. The van der Waals surface area contributed by atoms with E-state index in [0.29, 0.717) is 0 Å². The van der Waals surface area contributed by atoms with Crippen LogP contribution in [0.15, 0.2) is 0 Å². The van der Waals surface area contributed by atoms with E-state index in [1.807, 2.05) is 18.7 Å². The number of rotatable bonds is 3. The van der Waals surface area contributed by atoms with Crippen molar-refractivity contribution in [2.75, 3.05) is 5.75 Å². The fourth-order valence-electron chi connectivity index (χ4n) is 1.51. The van der Waals surface area contributed by atoms with Gasteiger partial charge in [-0.15, -0.1) is 0 Å². The first kappa shape index (κ1) is 9.40.